The quantitative estimate of drug-likeness (QED) is 0.156. The van der Waals surface area contributed by atoms with Crippen molar-refractivity contribution in [3.05, 3.63) is 95.4 Å². The highest BCUT2D eigenvalue weighted by Gasteiger charge is 2.26. The Kier molecular flexibility index (Phi) is 7.71. The van der Waals surface area contributed by atoms with Gasteiger partial charge in [0, 0.05) is 22.9 Å². The maximum atomic E-state index is 15.9. The molecule has 1 aromatic heterocycles. The van der Waals surface area contributed by atoms with E-state index in [1.54, 1.807) is 48.7 Å². The summed E-state index contributed by atoms with van der Waals surface area (Å²) in [5, 5.41) is 11.0. The first kappa shape index (κ1) is 25.7. The minimum absolute atomic E-state index is 0.0518. The third kappa shape index (κ3) is 6.06. The molecule has 37 heavy (non-hydrogen) atoms. The first-order valence-electron chi connectivity index (χ1n) is 11.9. The first-order valence-corrected chi connectivity index (χ1v) is 11.9. The summed E-state index contributed by atoms with van der Waals surface area (Å²) in [6, 6.07) is 15.3. The van der Waals surface area contributed by atoms with Gasteiger partial charge in [-0.3, -0.25) is 5.41 Å². The van der Waals surface area contributed by atoms with Crippen molar-refractivity contribution < 1.29 is 18.3 Å². The SMILES string of the molecule is CCOc1cc(OC(C)C)c(F)c(C(Nc2ccc(C(=N)N)cc2)c2ncc(-c3ccc(F)cc3)[nH]2)c1. The zero-order valence-corrected chi connectivity index (χ0v) is 20.8. The number of hydrogen-bond donors (Lipinski definition) is 4. The van der Waals surface area contributed by atoms with Crippen molar-refractivity contribution >= 4 is 11.5 Å². The molecule has 1 unspecified atom stereocenters. The predicted molar refractivity (Wildman–Crippen MR) is 140 cm³/mol. The topological polar surface area (TPSA) is 109 Å². The Hall–Kier alpha value is -4.40. The molecule has 0 saturated heterocycles. The Morgan fingerprint density at radius 2 is 1.78 bits per heavy atom. The van der Waals surface area contributed by atoms with Crippen LogP contribution in [0, 0.1) is 17.0 Å². The molecule has 1 heterocycles. The van der Waals surface area contributed by atoms with Crippen molar-refractivity contribution in [3.63, 3.8) is 0 Å². The fourth-order valence-corrected chi connectivity index (χ4v) is 3.86. The smallest absolute Gasteiger partial charge is 0.171 e. The van der Waals surface area contributed by atoms with Gasteiger partial charge >= 0.3 is 0 Å². The van der Waals surface area contributed by atoms with Crippen molar-refractivity contribution in [2.24, 2.45) is 5.73 Å². The summed E-state index contributed by atoms with van der Waals surface area (Å²) in [5.74, 6) is 0.0138. The molecule has 9 heteroatoms. The molecule has 0 aliphatic carbocycles. The van der Waals surface area contributed by atoms with Crippen LogP contribution in [-0.2, 0) is 0 Å². The standard InChI is InChI=1S/C28H29F2N5O2/c1-4-36-21-13-22(25(30)24(14-21)37-16(2)3)26(34-20-11-7-18(8-12-20)27(31)32)28-33-15-23(35-28)17-5-9-19(29)10-6-17/h5-16,26,34H,4H2,1-3H3,(H3,31,32)(H,33,35). The van der Waals surface area contributed by atoms with Crippen LogP contribution in [-0.4, -0.2) is 28.5 Å². The molecule has 1 atom stereocenters. The number of anilines is 1. The lowest BCUT2D eigenvalue weighted by Gasteiger charge is -2.22. The van der Waals surface area contributed by atoms with Gasteiger partial charge in [0.15, 0.2) is 11.6 Å². The molecule has 4 rings (SSSR count). The Morgan fingerprint density at radius 3 is 2.41 bits per heavy atom. The van der Waals surface area contributed by atoms with Crippen molar-refractivity contribution in [2.75, 3.05) is 11.9 Å². The molecule has 3 aromatic carbocycles. The summed E-state index contributed by atoms with van der Waals surface area (Å²) in [4.78, 5) is 7.76. The van der Waals surface area contributed by atoms with E-state index in [-0.39, 0.29) is 29.1 Å². The molecule has 0 radical (unpaired) electrons. The first-order chi connectivity index (χ1) is 17.7. The number of imidazole rings is 1. The number of halogens is 2. The van der Waals surface area contributed by atoms with Gasteiger partial charge in [-0.25, -0.2) is 13.8 Å². The van der Waals surface area contributed by atoms with Gasteiger partial charge in [0.05, 0.1) is 24.6 Å². The Balaban J connectivity index is 1.81. The number of ether oxygens (including phenoxy) is 2. The molecule has 7 nitrogen and oxygen atoms in total. The summed E-state index contributed by atoms with van der Waals surface area (Å²) in [6.07, 6.45) is 1.37. The van der Waals surface area contributed by atoms with E-state index in [1.165, 1.54) is 18.2 Å². The number of hydrogen-bond acceptors (Lipinski definition) is 5. The Bertz CT molecular complexity index is 1370. The van der Waals surface area contributed by atoms with Crippen LogP contribution in [0.2, 0.25) is 0 Å². The zero-order valence-electron chi connectivity index (χ0n) is 20.8. The van der Waals surface area contributed by atoms with Crippen LogP contribution in [0.15, 0.2) is 66.9 Å². The van der Waals surface area contributed by atoms with Crippen LogP contribution < -0.4 is 20.5 Å². The summed E-state index contributed by atoms with van der Waals surface area (Å²) < 4.78 is 40.8. The molecular formula is C28H29F2N5O2. The van der Waals surface area contributed by atoms with Gasteiger partial charge in [0.1, 0.15) is 29.3 Å². The molecule has 0 bridgehead atoms. The fraction of sp³-hybridized carbons (Fsp3) is 0.214. The summed E-state index contributed by atoms with van der Waals surface area (Å²) in [5.41, 5.74) is 8.45. The van der Waals surface area contributed by atoms with Crippen LogP contribution in [0.4, 0.5) is 14.5 Å². The van der Waals surface area contributed by atoms with Gasteiger partial charge in [-0.05, 0) is 80.9 Å². The third-order valence-corrected chi connectivity index (χ3v) is 5.56. The number of aromatic nitrogens is 2. The molecule has 0 saturated carbocycles. The van der Waals surface area contributed by atoms with E-state index in [2.05, 4.69) is 15.3 Å². The number of nitrogens with two attached hydrogens (primary N) is 1. The van der Waals surface area contributed by atoms with Gasteiger partial charge < -0.3 is 25.5 Å². The second-order valence-corrected chi connectivity index (χ2v) is 8.68. The van der Waals surface area contributed by atoms with E-state index >= 15 is 4.39 Å². The van der Waals surface area contributed by atoms with Gasteiger partial charge in [-0.2, -0.15) is 0 Å². The van der Waals surface area contributed by atoms with Crippen LogP contribution in [0.1, 0.15) is 43.8 Å². The lowest BCUT2D eigenvalue weighted by molar-refractivity contribution is 0.228. The van der Waals surface area contributed by atoms with E-state index in [9.17, 15) is 4.39 Å². The van der Waals surface area contributed by atoms with Gasteiger partial charge in [-0.15, -0.1) is 0 Å². The van der Waals surface area contributed by atoms with E-state index in [1.807, 2.05) is 20.8 Å². The second kappa shape index (κ2) is 11.1. The Morgan fingerprint density at radius 1 is 1.08 bits per heavy atom. The highest BCUT2D eigenvalue weighted by atomic mass is 19.1. The average molecular weight is 506 g/mol. The molecule has 0 fully saturated rings. The normalized spacial score (nSPS) is 11.8. The molecule has 192 valence electrons. The van der Waals surface area contributed by atoms with Gasteiger partial charge in [-0.1, -0.05) is 0 Å². The van der Waals surface area contributed by atoms with Crippen molar-refractivity contribution in [1.29, 1.82) is 5.41 Å². The fourth-order valence-electron chi connectivity index (χ4n) is 3.86. The summed E-state index contributed by atoms with van der Waals surface area (Å²) in [6.45, 7) is 5.88. The van der Waals surface area contributed by atoms with E-state index < -0.39 is 11.9 Å². The average Bonchev–Trinajstić information content (AvgIpc) is 3.35. The minimum Gasteiger partial charge on any atom is -0.494 e. The lowest BCUT2D eigenvalue weighted by atomic mass is 10.0. The lowest BCUT2D eigenvalue weighted by Crippen LogP contribution is -2.18. The molecule has 4 aromatic rings. The minimum atomic E-state index is -0.771. The largest absolute Gasteiger partial charge is 0.494 e. The maximum Gasteiger partial charge on any atom is 0.171 e. The molecule has 0 amide bonds. The monoisotopic (exact) mass is 505 g/mol. The third-order valence-electron chi connectivity index (χ3n) is 5.56. The number of H-pyrrole nitrogens is 1. The van der Waals surface area contributed by atoms with E-state index in [0.717, 1.165) is 5.56 Å². The Labute approximate surface area is 214 Å². The van der Waals surface area contributed by atoms with Crippen LogP contribution in [0.5, 0.6) is 11.5 Å². The number of rotatable bonds is 10. The molecule has 0 aliphatic heterocycles. The van der Waals surface area contributed by atoms with E-state index in [4.69, 9.17) is 20.6 Å². The van der Waals surface area contributed by atoms with Crippen LogP contribution in [0.3, 0.4) is 0 Å². The molecular weight excluding hydrogens is 476 g/mol. The van der Waals surface area contributed by atoms with Crippen molar-refractivity contribution in [1.82, 2.24) is 9.97 Å². The number of nitrogens with zero attached hydrogens (tertiary/aromatic N) is 1. The van der Waals surface area contributed by atoms with Gasteiger partial charge in [0.25, 0.3) is 0 Å². The number of benzene rings is 3. The number of amidine groups is 1. The van der Waals surface area contributed by atoms with E-state index in [0.29, 0.717) is 35.1 Å². The zero-order chi connectivity index (χ0) is 26.5. The molecule has 0 spiro atoms. The van der Waals surface area contributed by atoms with Crippen LogP contribution >= 0.6 is 0 Å². The van der Waals surface area contributed by atoms with Crippen LogP contribution in [0.25, 0.3) is 11.3 Å². The predicted octanol–water partition coefficient (Wildman–Crippen LogP) is 6.03. The maximum absolute atomic E-state index is 15.9. The van der Waals surface area contributed by atoms with Gasteiger partial charge in [0.2, 0.25) is 0 Å². The summed E-state index contributed by atoms with van der Waals surface area (Å²) >= 11 is 0. The summed E-state index contributed by atoms with van der Waals surface area (Å²) in [7, 11) is 0. The molecule has 0 aliphatic rings. The number of aromatic amines is 1. The number of nitrogen functional groups attached to an aromatic ring is 1. The highest BCUT2D eigenvalue weighted by Crippen LogP contribution is 2.36. The second-order valence-electron chi connectivity index (χ2n) is 8.68. The number of nitrogens with one attached hydrogen (secondary N) is 3. The highest BCUT2D eigenvalue weighted by molar-refractivity contribution is 5.95. The van der Waals surface area contributed by atoms with Crippen molar-refractivity contribution in [3.8, 4) is 22.8 Å². The molecule has 5 N–H and O–H groups in total. The van der Waals surface area contributed by atoms with Crippen molar-refractivity contribution in [2.45, 2.75) is 32.9 Å².